The minimum absolute atomic E-state index is 0.0306. The predicted octanol–water partition coefficient (Wildman–Crippen LogP) is 0.704. The molecule has 0 spiro atoms. The first-order chi connectivity index (χ1) is 8.91. The molecule has 1 atom stereocenters. The number of sulfone groups is 1. The lowest BCUT2D eigenvalue weighted by Crippen LogP contribution is -2.48. The third-order valence-corrected chi connectivity index (χ3v) is 5.51. The molecule has 1 N–H and O–H groups in total. The van der Waals surface area contributed by atoms with Crippen LogP contribution in [0.3, 0.4) is 0 Å². The lowest BCUT2D eigenvalue weighted by atomic mass is 10.2. The number of rotatable bonds is 3. The van der Waals surface area contributed by atoms with Gasteiger partial charge in [0.2, 0.25) is 0 Å². The summed E-state index contributed by atoms with van der Waals surface area (Å²) in [6.07, 6.45) is 2.64. The number of thioether (sulfide) groups is 1. The molecule has 19 heavy (non-hydrogen) atoms. The zero-order chi connectivity index (χ0) is 14.0. The molecule has 0 radical (unpaired) electrons. The molecule has 8 heteroatoms. The maximum absolute atomic E-state index is 11.8. The van der Waals surface area contributed by atoms with E-state index in [2.05, 4.69) is 4.98 Å². The molecule has 0 bridgehead atoms. The first kappa shape index (κ1) is 14.1. The predicted molar refractivity (Wildman–Crippen MR) is 74.5 cm³/mol. The monoisotopic (exact) mass is 302 g/mol. The Morgan fingerprint density at radius 1 is 1.58 bits per heavy atom. The van der Waals surface area contributed by atoms with Gasteiger partial charge >= 0.3 is 5.97 Å². The molecule has 0 aromatic carbocycles. The highest BCUT2D eigenvalue weighted by molar-refractivity contribution is 8.01. The number of aromatic carboxylic acids is 1. The summed E-state index contributed by atoms with van der Waals surface area (Å²) in [6, 6.07) is 2.97. The summed E-state index contributed by atoms with van der Waals surface area (Å²) in [6.45, 7) is 0.472. The third kappa shape index (κ3) is 3.01. The van der Waals surface area contributed by atoms with Crippen LogP contribution in [0.4, 0.5) is 5.82 Å². The fraction of sp³-hybridized carbons (Fsp3) is 0.455. The molecule has 1 aromatic rings. The number of pyridine rings is 1. The van der Waals surface area contributed by atoms with E-state index in [0.717, 1.165) is 5.75 Å². The van der Waals surface area contributed by atoms with Crippen LogP contribution in [0.1, 0.15) is 10.4 Å². The van der Waals surface area contributed by atoms with Gasteiger partial charge in [-0.3, -0.25) is 0 Å². The highest BCUT2D eigenvalue weighted by Gasteiger charge is 2.33. The Bertz CT molecular complexity index is 588. The van der Waals surface area contributed by atoms with Crippen molar-refractivity contribution in [1.29, 1.82) is 0 Å². The highest BCUT2D eigenvalue weighted by Crippen LogP contribution is 2.27. The van der Waals surface area contributed by atoms with Crippen molar-refractivity contribution in [1.82, 2.24) is 4.98 Å². The van der Waals surface area contributed by atoms with Gasteiger partial charge in [0.1, 0.15) is 16.8 Å². The molecule has 1 aliphatic rings. The number of hydrogen-bond donors (Lipinski definition) is 1. The van der Waals surface area contributed by atoms with Gasteiger partial charge in [-0.25, -0.2) is 18.2 Å². The summed E-state index contributed by atoms with van der Waals surface area (Å²) in [5.74, 6) is 0.301. The molecular formula is C11H14N2O4S2. The SMILES string of the molecule is CS(=O)(=O)C1CSCCN1c1ncccc1C(=O)O. The molecule has 0 saturated carbocycles. The van der Waals surface area contributed by atoms with Gasteiger partial charge in [-0.2, -0.15) is 11.8 Å². The maximum Gasteiger partial charge on any atom is 0.339 e. The van der Waals surface area contributed by atoms with E-state index in [0.29, 0.717) is 12.3 Å². The van der Waals surface area contributed by atoms with Gasteiger partial charge in [0.05, 0.1) is 0 Å². The molecule has 1 aliphatic heterocycles. The van der Waals surface area contributed by atoms with E-state index in [1.54, 1.807) is 16.7 Å². The summed E-state index contributed by atoms with van der Waals surface area (Å²) in [4.78, 5) is 16.8. The second-order valence-electron chi connectivity index (χ2n) is 4.23. The molecule has 2 rings (SSSR count). The maximum atomic E-state index is 11.8. The average Bonchev–Trinajstić information content (AvgIpc) is 2.37. The first-order valence-electron chi connectivity index (χ1n) is 5.63. The molecular weight excluding hydrogens is 288 g/mol. The highest BCUT2D eigenvalue weighted by atomic mass is 32.2. The van der Waals surface area contributed by atoms with Crippen LogP contribution in [-0.4, -0.2) is 54.2 Å². The van der Waals surface area contributed by atoms with Crippen molar-refractivity contribution in [2.45, 2.75) is 5.37 Å². The molecule has 104 valence electrons. The average molecular weight is 302 g/mol. The number of nitrogens with zero attached hydrogens (tertiary/aromatic N) is 2. The molecule has 1 unspecified atom stereocenters. The van der Waals surface area contributed by atoms with E-state index in [9.17, 15) is 13.2 Å². The molecule has 1 aromatic heterocycles. The number of carbonyl (C=O) groups is 1. The largest absolute Gasteiger partial charge is 0.478 e. The van der Waals surface area contributed by atoms with Gasteiger partial charge in [0.25, 0.3) is 0 Å². The van der Waals surface area contributed by atoms with Crippen molar-refractivity contribution < 1.29 is 18.3 Å². The molecule has 1 fully saturated rings. The summed E-state index contributed by atoms with van der Waals surface area (Å²) in [7, 11) is -3.29. The molecule has 6 nitrogen and oxygen atoms in total. The van der Waals surface area contributed by atoms with E-state index < -0.39 is 21.2 Å². The summed E-state index contributed by atoms with van der Waals surface area (Å²) < 4.78 is 23.6. The van der Waals surface area contributed by atoms with Crippen LogP contribution < -0.4 is 4.90 Å². The second-order valence-corrected chi connectivity index (χ2v) is 7.59. The van der Waals surface area contributed by atoms with E-state index in [1.165, 1.54) is 24.6 Å². The van der Waals surface area contributed by atoms with Gasteiger partial charge in [-0.15, -0.1) is 0 Å². The van der Waals surface area contributed by atoms with Crippen LogP contribution in [-0.2, 0) is 9.84 Å². The van der Waals surface area contributed by atoms with E-state index in [-0.39, 0.29) is 11.4 Å². The topological polar surface area (TPSA) is 87.6 Å². The van der Waals surface area contributed by atoms with E-state index in [1.807, 2.05) is 0 Å². The summed E-state index contributed by atoms with van der Waals surface area (Å²) in [5, 5.41) is 8.44. The normalized spacial score (nSPS) is 20.3. The van der Waals surface area contributed by atoms with Gasteiger partial charge in [0, 0.05) is 30.5 Å². The zero-order valence-electron chi connectivity index (χ0n) is 10.3. The van der Waals surface area contributed by atoms with Crippen LogP contribution in [0.15, 0.2) is 18.3 Å². The fourth-order valence-electron chi connectivity index (χ4n) is 1.97. The standard InChI is InChI=1S/C11H14N2O4S2/c1-19(16,17)9-7-18-6-5-13(9)10-8(11(14)15)3-2-4-12-10/h2-4,9H,5-7H2,1H3,(H,14,15). The molecule has 2 heterocycles. The summed E-state index contributed by atoms with van der Waals surface area (Å²) in [5.41, 5.74) is 0.0306. The van der Waals surface area contributed by atoms with Crippen molar-refractivity contribution >= 4 is 33.4 Å². The molecule has 0 aliphatic carbocycles. The Labute approximate surface area is 115 Å². The van der Waals surface area contributed by atoms with Crippen LogP contribution >= 0.6 is 11.8 Å². The lowest BCUT2D eigenvalue weighted by Gasteiger charge is -2.35. The number of aromatic nitrogens is 1. The Morgan fingerprint density at radius 3 is 2.95 bits per heavy atom. The van der Waals surface area contributed by atoms with Crippen LogP contribution in [0.2, 0.25) is 0 Å². The molecule has 0 amide bonds. The zero-order valence-corrected chi connectivity index (χ0v) is 11.9. The first-order valence-corrected chi connectivity index (χ1v) is 8.74. The Balaban J connectivity index is 2.46. The van der Waals surface area contributed by atoms with Gasteiger partial charge in [-0.1, -0.05) is 0 Å². The lowest BCUT2D eigenvalue weighted by molar-refractivity contribution is 0.0697. The smallest absolute Gasteiger partial charge is 0.339 e. The third-order valence-electron chi connectivity index (χ3n) is 2.87. The summed E-state index contributed by atoms with van der Waals surface area (Å²) >= 11 is 1.55. The van der Waals surface area contributed by atoms with E-state index in [4.69, 9.17) is 5.11 Å². The minimum atomic E-state index is -3.29. The van der Waals surface area contributed by atoms with Crippen molar-refractivity contribution in [2.75, 3.05) is 29.2 Å². The van der Waals surface area contributed by atoms with Crippen molar-refractivity contribution in [3.63, 3.8) is 0 Å². The van der Waals surface area contributed by atoms with Crippen molar-refractivity contribution in [3.05, 3.63) is 23.9 Å². The number of hydrogen-bond acceptors (Lipinski definition) is 6. The number of carboxylic acids is 1. The van der Waals surface area contributed by atoms with Crippen molar-refractivity contribution in [2.24, 2.45) is 0 Å². The quantitative estimate of drug-likeness (QED) is 0.879. The van der Waals surface area contributed by atoms with Gasteiger partial charge < -0.3 is 10.0 Å². The van der Waals surface area contributed by atoms with Crippen LogP contribution in [0, 0.1) is 0 Å². The van der Waals surface area contributed by atoms with Crippen LogP contribution in [0.5, 0.6) is 0 Å². The number of anilines is 1. The van der Waals surface area contributed by atoms with Crippen LogP contribution in [0.25, 0.3) is 0 Å². The van der Waals surface area contributed by atoms with E-state index >= 15 is 0 Å². The Hall–Kier alpha value is -1.28. The van der Waals surface area contributed by atoms with Gasteiger partial charge in [0.15, 0.2) is 9.84 Å². The number of carboxylic acid groups (broad SMARTS) is 1. The Morgan fingerprint density at radius 2 is 2.32 bits per heavy atom. The van der Waals surface area contributed by atoms with Gasteiger partial charge in [-0.05, 0) is 12.1 Å². The Kier molecular flexibility index (Phi) is 4.00. The fourth-order valence-corrected chi connectivity index (χ4v) is 4.79. The minimum Gasteiger partial charge on any atom is -0.478 e. The second kappa shape index (κ2) is 5.38. The molecule has 1 saturated heterocycles. The van der Waals surface area contributed by atoms with Crippen molar-refractivity contribution in [3.8, 4) is 0 Å².